The van der Waals surface area contributed by atoms with Crippen molar-refractivity contribution >= 4 is 23.4 Å². The molecule has 1 aliphatic carbocycles. The first-order valence-corrected chi connectivity index (χ1v) is 10.5. The van der Waals surface area contributed by atoms with Crippen molar-refractivity contribution in [1.29, 1.82) is 0 Å². The highest BCUT2D eigenvalue weighted by Crippen LogP contribution is 2.35. The normalized spacial score (nSPS) is 13.5. The fraction of sp³-hybridized carbons (Fsp3) is 0.450. The molecule has 6 nitrogen and oxygen atoms in total. The minimum absolute atomic E-state index is 0.132. The first kappa shape index (κ1) is 22.4. The van der Waals surface area contributed by atoms with E-state index in [1.54, 1.807) is 4.57 Å². The number of thioether (sulfide) groups is 1. The molecule has 1 aromatic carbocycles. The number of hydrogen-bond donors (Lipinski definition) is 1. The molecule has 0 unspecified atom stereocenters. The lowest BCUT2D eigenvalue weighted by Gasteiger charge is -2.16. The highest BCUT2D eigenvalue weighted by Gasteiger charge is 2.33. The maximum absolute atomic E-state index is 13.1. The zero-order valence-electron chi connectivity index (χ0n) is 16.8. The number of halogens is 3. The fourth-order valence-corrected chi connectivity index (χ4v) is 4.27. The largest absolute Gasteiger partial charge is 0.418 e. The number of aromatic nitrogens is 2. The van der Waals surface area contributed by atoms with E-state index >= 15 is 0 Å². The first-order valence-electron chi connectivity index (χ1n) is 9.53. The molecule has 1 N–H and O–H groups in total. The van der Waals surface area contributed by atoms with E-state index in [0.29, 0.717) is 18.1 Å². The Kier molecular flexibility index (Phi) is 6.87. The number of alkyl halides is 3. The smallest absolute Gasteiger partial charge is 0.325 e. The molecule has 2 aromatic rings. The van der Waals surface area contributed by atoms with Crippen LogP contribution < -0.4 is 11.0 Å². The van der Waals surface area contributed by atoms with Gasteiger partial charge in [0.1, 0.15) is 5.03 Å². The van der Waals surface area contributed by atoms with E-state index in [1.807, 2.05) is 19.0 Å². The molecule has 162 valence electrons. The van der Waals surface area contributed by atoms with Crippen LogP contribution in [0, 0.1) is 0 Å². The lowest BCUT2D eigenvalue weighted by atomic mass is 10.1. The predicted octanol–water partition coefficient (Wildman–Crippen LogP) is 3.04. The Bertz CT molecular complexity index is 989. The van der Waals surface area contributed by atoms with Crippen LogP contribution in [0.3, 0.4) is 0 Å². The summed E-state index contributed by atoms with van der Waals surface area (Å²) in [5, 5.41) is 2.81. The van der Waals surface area contributed by atoms with Gasteiger partial charge in [-0.3, -0.25) is 9.36 Å². The molecule has 0 bridgehead atoms. The molecule has 0 saturated carbocycles. The summed E-state index contributed by atoms with van der Waals surface area (Å²) in [6, 6.07) is 4.84. The van der Waals surface area contributed by atoms with Crippen LogP contribution in [0.25, 0.3) is 0 Å². The van der Waals surface area contributed by atoms with Crippen LogP contribution >= 0.6 is 11.8 Å². The number of nitrogens with one attached hydrogen (secondary N) is 1. The van der Waals surface area contributed by atoms with Crippen LogP contribution in [0.5, 0.6) is 0 Å². The number of amides is 1. The molecule has 3 rings (SSSR count). The Labute approximate surface area is 176 Å². The van der Waals surface area contributed by atoms with Crippen molar-refractivity contribution in [1.82, 2.24) is 14.5 Å². The molecule has 0 saturated heterocycles. The molecule has 30 heavy (non-hydrogen) atoms. The molecule has 1 aliphatic rings. The number of likely N-dealkylation sites (N-methyl/N-ethyl adjacent to an activating group) is 1. The highest BCUT2D eigenvalue weighted by atomic mass is 32.2. The fourth-order valence-electron chi connectivity index (χ4n) is 3.40. The molecular formula is C20H23F3N4O2S. The number of anilines is 1. The molecule has 0 aliphatic heterocycles. The van der Waals surface area contributed by atoms with E-state index in [1.165, 1.54) is 18.2 Å². The van der Waals surface area contributed by atoms with Gasteiger partial charge in [-0.15, -0.1) is 0 Å². The number of rotatable bonds is 7. The van der Waals surface area contributed by atoms with E-state index < -0.39 is 17.6 Å². The van der Waals surface area contributed by atoms with Crippen molar-refractivity contribution in [2.24, 2.45) is 0 Å². The van der Waals surface area contributed by atoms with Crippen molar-refractivity contribution < 1.29 is 18.0 Å². The van der Waals surface area contributed by atoms with Crippen LogP contribution in [0.4, 0.5) is 18.9 Å². The lowest BCUT2D eigenvalue weighted by molar-refractivity contribution is -0.137. The summed E-state index contributed by atoms with van der Waals surface area (Å²) in [6.45, 7) is 1.25. The van der Waals surface area contributed by atoms with E-state index in [4.69, 9.17) is 0 Å². The number of carbonyl (C=O) groups is 1. The van der Waals surface area contributed by atoms with Crippen LogP contribution in [-0.2, 0) is 30.4 Å². The summed E-state index contributed by atoms with van der Waals surface area (Å²) in [4.78, 5) is 30.9. The SMILES string of the molecule is CN(C)CCn1c2c(c(SCC(=O)Nc3ccccc3C(F)(F)F)nc1=O)CCC2. The van der Waals surface area contributed by atoms with Gasteiger partial charge in [0.15, 0.2) is 0 Å². The van der Waals surface area contributed by atoms with E-state index in [0.717, 1.165) is 48.3 Å². The number of para-hydroxylation sites is 1. The first-order chi connectivity index (χ1) is 14.2. The number of nitrogens with zero attached hydrogens (tertiary/aromatic N) is 3. The summed E-state index contributed by atoms with van der Waals surface area (Å²) in [7, 11) is 3.86. The number of benzene rings is 1. The van der Waals surface area contributed by atoms with E-state index in [2.05, 4.69) is 10.3 Å². The van der Waals surface area contributed by atoms with Gasteiger partial charge in [-0.2, -0.15) is 18.2 Å². The van der Waals surface area contributed by atoms with Gasteiger partial charge in [-0.1, -0.05) is 23.9 Å². The summed E-state index contributed by atoms with van der Waals surface area (Å²) in [5.74, 6) is -0.714. The average Bonchev–Trinajstić information content (AvgIpc) is 3.14. The van der Waals surface area contributed by atoms with E-state index in [-0.39, 0.29) is 17.1 Å². The molecule has 1 aromatic heterocycles. The van der Waals surface area contributed by atoms with Gasteiger partial charge < -0.3 is 10.2 Å². The molecule has 0 spiro atoms. The van der Waals surface area contributed by atoms with Crippen molar-refractivity contribution in [2.75, 3.05) is 31.7 Å². The second kappa shape index (κ2) is 9.22. The molecule has 0 atom stereocenters. The molecule has 10 heteroatoms. The Hall–Kier alpha value is -2.33. The zero-order valence-corrected chi connectivity index (χ0v) is 17.6. The minimum atomic E-state index is -4.56. The maximum atomic E-state index is 13.1. The number of fused-ring (bicyclic) bond motifs is 1. The second-order valence-corrected chi connectivity index (χ2v) is 8.28. The van der Waals surface area contributed by atoms with Crippen molar-refractivity contribution in [3.05, 3.63) is 51.6 Å². The van der Waals surface area contributed by atoms with Gasteiger partial charge in [0.2, 0.25) is 5.91 Å². The van der Waals surface area contributed by atoms with Crippen LogP contribution in [-0.4, -0.2) is 46.8 Å². The zero-order chi connectivity index (χ0) is 21.9. The average molecular weight is 440 g/mol. The molecule has 0 radical (unpaired) electrons. The van der Waals surface area contributed by atoms with Gasteiger partial charge in [0, 0.05) is 24.3 Å². The third kappa shape index (κ3) is 5.23. The third-order valence-corrected chi connectivity index (χ3v) is 5.84. The number of carbonyl (C=O) groups excluding carboxylic acids is 1. The summed E-state index contributed by atoms with van der Waals surface area (Å²) < 4.78 is 41.0. The monoisotopic (exact) mass is 440 g/mol. The van der Waals surface area contributed by atoms with Crippen molar-refractivity contribution in [2.45, 2.75) is 37.0 Å². The highest BCUT2D eigenvalue weighted by molar-refractivity contribution is 8.00. The van der Waals surface area contributed by atoms with Gasteiger partial charge in [0.05, 0.1) is 17.0 Å². The Morgan fingerprint density at radius 2 is 2.00 bits per heavy atom. The molecule has 1 heterocycles. The molecule has 0 fully saturated rings. The van der Waals surface area contributed by atoms with E-state index in [9.17, 15) is 22.8 Å². The van der Waals surface area contributed by atoms with Gasteiger partial charge in [0.25, 0.3) is 0 Å². The topological polar surface area (TPSA) is 67.2 Å². The Balaban J connectivity index is 1.73. The molecule has 1 amide bonds. The number of hydrogen-bond acceptors (Lipinski definition) is 5. The summed E-state index contributed by atoms with van der Waals surface area (Å²) >= 11 is 1.09. The van der Waals surface area contributed by atoms with Crippen molar-refractivity contribution in [3.8, 4) is 0 Å². The summed E-state index contributed by atoms with van der Waals surface area (Å²) in [5.41, 5.74) is 0.366. The van der Waals surface area contributed by atoms with Gasteiger partial charge >= 0.3 is 11.9 Å². The van der Waals surface area contributed by atoms with Gasteiger partial charge in [-0.25, -0.2) is 4.79 Å². The van der Waals surface area contributed by atoms with Crippen molar-refractivity contribution in [3.63, 3.8) is 0 Å². The molecular weight excluding hydrogens is 417 g/mol. The minimum Gasteiger partial charge on any atom is -0.325 e. The Morgan fingerprint density at radius 1 is 1.27 bits per heavy atom. The maximum Gasteiger partial charge on any atom is 0.418 e. The summed E-state index contributed by atoms with van der Waals surface area (Å²) in [6.07, 6.45) is -2.11. The van der Waals surface area contributed by atoms with Crippen LogP contribution in [0.1, 0.15) is 23.2 Å². The van der Waals surface area contributed by atoms with Crippen LogP contribution in [0.15, 0.2) is 34.1 Å². The van der Waals surface area contributed by atoms with Gasteiger partial charge in [-0.05, 0) is 45.5 Å². The quantitative estimate of drug-likeness (QED) is 0.530. The Morgan fingerprint density at radius 3 is 2.70 bits per heavy atom. The second-order valence-electron chi connectivity index (χ2n) is 7.31. The standard InChI is InChI=1S/C20H23F3N4O2S/c1-26(2)10-11-27-16-9-5-6-13(16)18(25-19(27)29)30-12-17(28)24-15-8-4-3-7-14(15)20(21,22)23/h3-4,7-8H,5-6,9-12H2,1-2H3,(H,24,28). The lowest BCUT2D eigenvalue weighted by Crippen LogP contribution is -2.31. The third-order valence-electron chi connectivity index (χ3n) is 4.82. The van der Waals surface area contributed by atoms with Crippen LogP contribution in [0.2, 0.25) is 0 Å². The predicted molar refractivity (Wildman–Crippen MR) is 110 cm³/mol.